The van der Waals surface area contributed by atoms with Crippen molar-refractivity contribution in [2.75, 3.05) is 16.6 Å². The van der Waals surface area contributed by atoms with Crippen LogP contribution < -0.4 is 14.8 Å². The first-order chi connectivity index (χ1) is 13.8. The van der Waals surface area contributed by atoms with E-state index in [4.69, 9.17) is 4.74 Å². The van der Waals surface area contributed by atoms with Crippen LogP contribution >= 0.6 is 0 Å². The molecule has 0 aliphatic heterocycles. The fourth-order valence-corrected chi connectivity index (χ4v) is 3.78. The van der Waals surface area contributed by atoms with E-state index >= 15 is 0 Å². The van der Waals surface area contributed by atoms with Gasteiger partial charge in [-0.2, -0.15) is 0 Å². The largest absolute Gasteiger partial charge is 0.484 e. The van der Waals surface area contributed by atoms with Crippen LogP contribution in [-0.2, 0) is 14.8 Å². The van der Waals surface area contributed by atoms with Crippen LogP contribution in [0.1, 0.15) is 11.1 Å². The van der Waals surface area contributed by atoms with Gasteiger partial charge in [-0.25, -0.2) is 8.42 Å². The zero-order chi connectivity index (χ0) is 20.9. The van der Waals surface area contributed by atoms with Crippen LogP contribution in [-0.4, -0.2) is 20.9 Å². The van der Waals surface area contributed by atoms with E-state index in [-0.39, 0.29) is 17.4 Å². The lowest BCUT2D eigenvalue weighted by atomic mass is 10.1. The third-order valence-corrected chi connectivity index (χ3v) is 5.58. The summed E-state index contributed by atoms with van der Waals surface area (Å²) in [6, 6.07) is 20.3. The minimum atomic E-state index is -3.70. The number of rotatable bonds is 7. The van der Waals surface area contributed by atoms with Crippen LogP contribution in [0.15, 0.2) is 77.7 Å². The molecule has 7 heteroatoms. The third kappa shape index (κ3) is 5.58. The molecule has 0 fully saturated rings. The number of sulfonamides is 1. The van der Waals surface area contributed by atoms with Crippen molar-refractivity contribution < 1.29 is 17.9 Å². The van der Waals surface area contributed by atoms with Gasteiger partial charge in [0.1, 0.15) is 5.75 Å². The summed E-state index contributed by atoms with van der Waals surface area (Å²) in [7, 11) is -3.70. The quantitative estimate of drug-likeness (QED) is 0.614. The summed E-state index contributed by atoms with van der Waals surface area (Å²) >= 11 is 0. The molecule has 0 atom stereocenters. The second kappa shape index (κ2) is 8.79. The highest BCUT2D eigenvalue weighted by atomic mass is 32.2. The van der Waals surface area contributed by atoms with E-state index in [0.717, 1.165) is 16.8 Å². The molecule has 0 radical (unpaired) electrons. The summed E-state index contributed by atoms with van der Waals surface area (Å²) in [5.41, 5.74) is 3.31. The van der Waals surface area contributed by atoms with Gasteiger partial charge in [0.05, 0.1) is 4.90 Å². The number of carbonyl (C=O) groups is 1. The summed E-state index contributed by atoms with van der Waals surface area (Å²) in [6.45, 7) is 3.73. The van der Waals surface area contributed by atoms with Gasteiger partial charge in [0.15, 0.2) is 6.61 Å². The Balaban J connectivity index is 1.58. The van der Waals surface area contributed by atoms with Crippen molar-refractivity contribution in [3.8, 4) is 5.75 Å². The molecule has 0 bridgehead atoms. The number of amides is 1. The van der Waals surface area contributed by atoms with E-state index in [9.17, 15) is 13.2 Å². The minimum Gasteiger partial charge on any atom is -0.484 e. The molecule has 150 valence electrons. The average Bonchev–Trinajstić information content (AvgIpc) is 2.69. The van der Waals surface area contributed by atoms with E-state index < -0.39 is 10.0 Å². The molecule has 3 rings (SSSR count). The van der Waals surface area contributed by atoms with Crippen LogP contribution in [0.2, 0.25) is 0 Å². The Bertz CT molecular complexity index is 1100. The zero-order valence-electron chi connectivity index (χ0n) is 16.2. The van der Waals surface area contributed by atoms with Gasteiger partial charge in [-0.15, -0.1) is 0 Å². The van der Waals surface area contributed by atoms with Crippen molar-refractivity contribution >= 4 is 27.3 Å². The summed E-state index contributed by atoms with van der Waals surface area (Å²) < 4.78 is 32.8. The van der Waals surface area contributed by atoms with Crippen molar-refractivity contribution in [2.45, 2.75) is 18.7 Å². The predicted molar refractivity (Wildman–Crippen MR) is 114 cm³/mol. The van der Waals surface area contributed by atoms with E-state index in [1.807, 2.05) is 32.0 Å². The van der Waals surface area contributed by atoms with Crippen LogP contribution in [0.25, 0.3) is 0 Å². The molecule has 0 aliphatic carbocycles. The van der Waals surface area contributed by atoms with Crippen molar-refractivity contribution in [3.63, 3.8) is 0 Å². The maximum atomic E-state index is 12.4. The molecule has 0 saturated heterocycles. The molecule has 2 N–H and O–H groups in total. The van der Waals surface area contributed by atoms with E-state index in [2.05, 4.69) is 10.0 Å². The SMILES string of the molecule is Cc1ccc(NC(=O)COc2ccc(S(=O)(=O)Nc3ccccc3)cc2)c(C)c1. The number of aryl methyl sites for hydroxylation is 2. The normalized spacial score (nSPS) is 11.0. The highest BCUT2D eigenvalue weighted by Gasteiger charge is 2.14. The molecule has 0 saturated carbocycles. The van der Waals surface area contributed by atoms with Crippen LogP contribution in [0.3, 0.4) is 0 Å². The van der Waals surface area contributed by atoms with Gasteiger partial charge in [-0.1, -0.05) is 35.9 Å². The number of para-hydroxylation sites is 1. The maximum Gasteiger partial charge on any atom is 0.262 e. The van der Waals surface area contributed by atoms with Gasteiger partial charge >= 0.3 is 0 Å². The Morgan fingerprint density at radius 2 is 1.62 bits per heavy atom. The molecule has 3 aromatic carbocycles. The molecular formula is C22H22N2O4S. The summed E-state index contributed by atoms with van der Waals surface area (Å²) in [5.74, 6) is 0.110. The van der Waals surface area contributed by atoms with Crippen molar-refractivity contribution in [1.82, 2.24) is 0 Å². The molecule has 0 spiro atoms. The molecule has 0 aromatic heterocycles. The molecule has 0 aliphatic rings. The Labute approximate surface area is 170 Å². The van der Waals surface area contributed by atoms with Crippen molar-refractivity contribution in [3.05, 3.63) is 83.9 Å². The lowest BCUT2D eigenvalue weighted by Gasteiger charge is -2.11. The number of anilines is 2. The topological polar surface area (TPSA) is 84.5 Å². The summed E-state index contributed by atoms with van der Waals surface area (Å²) in [6.07, 6.45) is 0. The highest BCUT2D eigenvalue weighted by molar-refractivity contribution is 7.92. The number of nitrogens with one attached hydrogen (secondary N) is 2. The third-order valence-electron chi connectivity index (χ3n) is 4.19. The molecule has 0 heterocycles. The minimum absolute atomic E-state index is 0.105. The first-order valence-corrected chi connectivity index (χ1v) is 10.5. The van der Waals surface area contributed by atoms with E-state index in [1.54, 1.807) is 30.3 Å². The number of carbonyl (C=O) groups excluding carboxylic acids is 1. The Morgan fingerprint density at radius 1 is 0.931 bits per heavy atom. The number of hydrogen-bond acceptors (Lipinski definition) is 4. The first-order valence-electron chi connectivity index (χ1n) is 9.01. The van der Waals surface area contributed by atoms with Gasteiger partial charge < -0.3 is 10.1 Å². The van der Waals surface area contributed by atoms with Gasteiger partial charge in [0, 0.05) is 11.4 Å². The van der Waals surface area contributed by atoms with Gasteiger partial charge in [0.25, 0.3) is 15.9 Å². The van der Waals surface area contributed by atoms with E-state index in [1.165, 1.54) is 24.3 Å². The molecular weight excluding hydrogens is 388 g/mol. The predicted octanol–water partition coefficient (Wildman–Crippen LogP) is 4.12. The molecule has 1 amide bonds. The Morgan fingerprint density at radius 3 is 2.28 bits per heavy atom. The van der Waals surface area contributed by atoms with Gasteiger partial charge in [-0.05, 0) is 61.9 Å². The Kier molecular flexibility index (Phi) is 6.19. The zero-order valence-corrected chi connectivity index (χ0v) is 17.0. The van der Waals surface area contributed by atoms with E-state index in [0.29, 0.717) is 11.4 Å². The Hall–Kier alpha value is -3.32. The lowest BCUT2D eigenvalue weighted by molar-refractivity contribution is -0.118. The van der Waals surface area contributed by atoms with Crippen LogP contribution in [0.4, 0.5) is 11.4 Å². The van der Waals surface area contributed by atoms with Gasteiger partial charge in [-0.3, -0.25) is 9.52 Å². The maximum absolute atomic E-state index is 12.4. The van der Waals surface area contributed by atoms with Crippen LogP contribution in [0, 0.1) is 13.8 Å². The lowest BCUT2D eigenvalue weighted by Crippen LogP contribution is -2.20. The number of hydrogen-bond donors (Lipinski definition) is 2. The standard InChI is InChI=1S/C22H22N2O4S/c1-16-8-13-21(17(2)14-16)23-22(25)15-28-19-9-11-20(12-10-19)29(26,27)24-18-6-4-3-5-7-18/h3-14,24H,15H2,1-2H3,(H,23,25). The molecule has 6 nitrogen and oxygen atoms in total. The number of ether oxygens (including phenoxy) is 1. The highest BCUT2D eigenvalue weighted by Crippen LogP contribution is 2.20. The monoisotopic (exact) mass is 410 g/mol. The fourth-order valence-electron chi connectivity index (χ4n) is 2.72. The van der Waals surface area contributed by atoms with Gasteiger partial charge in [0.2, 0.25) is 0 Å². The van der Waals surface area contributed by atoms with Crippen LogP contribution in [0.5, 0.6) is 5.75 Å². The fraction of sp³-hybridized carbons (Fsp3) is 0.136. The average molecular weight is 410 g/mol. The molecule has 29 heavy (non-hydrogen) atoms. The first kappa shape index (κ1) is 20.4. The molecule has 0 unspecified atom stereocenters. The molecule has 3 aromatic rings. The number of benzene rings is 3. The summed E-state index contributed by atoms with van der Waals surface area (Å²) in [5, 5.41) is 2.80. The second-order valence-electron chi connectivity index (χ2n) is 6.60. The smallest absolute Gasteiger partial charge is 0.262 e. The second-order valence-corrected chi connectivity index (χ2v) is 8.28. The van der Waals surface area contributed by atoms with Crippen molar-refractivity contribution in [2.24, 2.45) is 0 Å². The van der Waals surface area contributed by atoms with Crippen molar-refractivity contribution in [1.29, 1.82) is 0 Å². The summed E-state index contributed by atoms with van der Waals surface area (Å²) in [4.78, 5) is 12.2.